The molecule has 1 fully saturated rings. The van der Waals surface area contributed by atoms with Crippen LogP contribution in [0.25, 0.3) is 0 Å². The highest BCUT2D eigenvalue weighted by Crippen LogP contribution is 2.32. The quantitative estimate of drug-likeness (QED) is 0.785. The van der Waals surface area contributed by atoms with Gasteiger partial charge in [-0.2, -0.15) is 5.26 Å². The number of hydrogen-bond acceptors (Lipinski definition) is 4. The second-order valence-electron chi connectivity index (χ2n) is 4.31. The number of Topliss-reactive ketones (excluding diaryl/α,β-unsaturated/α-hetero) is 1. The lowest BCUT2D eigenvalue weighted by atomic mass is 10.1. The number of rotatable bonds is 3. The van der Waals surface area contributed by atoms with E-state index in [1.165, 1.54) is 0 Å². The van der Waals surface area contributed by atoms with Crippen LogP contribution in [0, 0.1) is 11.3 Å². The van der Waals surface area contributed by atoms with Crippen molar-refractivity contribution in [3.05, 3.63) is 29.3 Å². The summed E-state index contributed by atoms with van der Waals surface area (Å²) in [5.74, 6) is 0.0500. The zero-order valence-corrected chi connectivity index (χ0v) is 11.1. The Bertz CT molecular complexity index is 487. The van der Waals surface area contributed by atoms with E-state index >= 15 is 0 Å². The Balaban J connectivity index is 2.23. The van der Waals surface area contributed by atoms with Crippen molar-refractivity contribution in [1.29, 1.82) is 5.26 Å². The Kier molecular flexibility index (Phi) is 4.40. The lowest BCUT2D eigenvalue weighted by Crippen LogP contribution is -2.17. The van der Waals surface area contributed by atoms with Gasteiger partial charge in [-0.1, -0.05) is 0 Å². The predicted molar refractivity (Wildman–Crippen MR) is 70.9 cm³/mol. The maximum Gasteiger partial charge on any atom is 0.160 e. The molecule has 0 unspecified atom stereocenters. The van der Waals surface area contributed by atoms with Crippen LogP contribution in [-0.2, 0) is 4.74 Å². The van der Waals surface area contributed by atoms with Crippen LogP contribution < -0.4 is 0 Å². The number of carbonyl (C=O) groups excluding carboxylic acids is 1. The molecule has 0 N–H and O–H groups in total. The van der Waals surface area contributed by atoms with Gasteiger partial charge in [0.1, 0.15) is 0 Å². The van der Waals surface area contributed by atoms with Crippen molar-refractivity contribution in [2.75, 3.05) is 13.2 Å². The van der Waals surface area contributed by atoms with Crippen molar-refractivity contribution in [3.8, 4) is 6.07 Å². The number of ether oxygens (including phenoxy) is 1. The molecule has 1 aliphatic heterocycles. The Labute approximate surface area is 111 Å². The number of nitrogens with zero attached hydrogens (tertiary/aromatic N) is 1. The Hall–Kier alpha value is -1.31. The molecule has 1 aliphatic rings. The minimum Gasteiger partial charge on any atom is -0.381 e. The van der Waals surface area contributed by atoms with Crippen molar-refractivity contribution in [2.45, 2.75) is 29.9 Å². The third-order valence-corrected chi connectivity index (χ3v) is 4.35. The second-order valence-corrected chi connectivity index (χ2v) is 5.65. The molecule has 1 aromatic carbocycles. The van der Waals surface area contributed by atoms with E-state index in [9.17, 15) is 4.79 Å². The van der Waals surface area contributed by atoms with E-state index in [0.717, 1.165) is 31.0 Å². The summed E-state index contributed by atoms with van der Waals surface area (Å²) < 4.78 is 5.33. The second kappa shape index (κ2) is 6.03. The maximum atomic E-state index is 11.6. The first-order chi connectivity index (χ1) is 8.70. The number of ketones is 1. The highest BCUT2D eigenvalue weighted by Gasteiger charge is 2.18. The van der Waals surface area contributed by atoms with Crippen LogP contribution in [0.15, 0.2) is 23.1 Å². The van der Waals surface area contributed by atoms with Crippen molar-refractivity contribution in [2.24, 2.45) is 0 Å². The molecule has 18 heavy (non-hydrogen) atoms. The minimum absolute atomic E-state index is 0.0500. The van der Waals surface area contributed by atoms with Crippen molar-refractivity contribution >= 4 is 17.5 Å². The van der Waals surface area contributed by atoms with Gasteiger partial charge in [0.2, 0.25) is 0 Å². The first-order valence-corrected chi connectivity index (χ1v) is 6.88. The van der Waals surface area contributed by atoms with Crippen LogP contribution >= 0.6 is 11.8 Å². The smallest absolute Gasteiger partial charge is 0.160 e. The summed E-state index contributed by atoms with van der Waals surface area (Å²) in [4.78, 5) is 12.5. The summed E-state index contributed by atoms with van der Waals surface area (Å²) in [6.45, 7) is 3.13. The number of hydrogen-bond donors (Lipinski definition) is 0. The number of nitriles is 1. The average molecular weight is 261 g/mol. The van der Waals surface area contributed by atoms with Gasteiger partial charge in [0.15, 0.2) is 5.78 Å². The van der Waals surface area contributed by atoms with E-state index in [1.807, 2.05) is 6.07 Å². The minimum atomic E-state index is 0.0500. The van der Waals surface area contributed by atoms with Crippen LogP contribution in [0.1, 0.15) is 35.7 Å². The SMILES string of the molecule is CC(=O)c1ccc(C#N)cc1SC1CCOCC1. The molecule has 0 radical (unpaired) electrons. The lowest BCUT2D eigenvalue weighted by Gasteiger charge is -2.22. The zero-order chi connectivity index (χ0) is 13.0. The van der Waals surface area contributed by atoms with Crippen LogP contribution in [0.2, 0.25) is 0 Å². The van der Waals surface area contributed by atoms with E-state index in [2.05, 4.69) is 6.07 Å². The van der Waals surface area contributed by atoms with Gasteiger partial charge in [-0.3, -0.25) is 4.79 Å². The molecule has 4 heteroatoms. The highest BCUT2D eigenvalue weighted by atomic mass is 32.2. The molecular formula is C14H15NO2S. The molecule has 94 valence electrons. The molecule has 0 aliphatic carbocycles. The molecular weight excluding hydrogens is 246 g/mol. The molecule has 3 nitrogen and oxygen atoms in total. The van der Waals surface area contributed by atoms with Crippen LogP contribution in [0.5, 0.6) is 0 Å². The van der Waals surface area contributed by atoms with Crippen LogP contribution in [-0.4, -0.2) is 24.2 Å². The van der Waals surface area contributed by atoms with E-state index < -0.39 is 0 Å². The van der Waals surface area contributed by atoms with Gasteiger partial charge >= 0.3 is 0 Å². The summed E-state index contributed by atoms with van der Waals surface area (Å²) in [6, 6.07) is 7.39. The van der Waals surface area contributed by atoms with Gasteiger partial charge in [-0.05, 0) is 38.0 Å². The van der Waals surface area contributed by atoms with Crippen molar-refractivity contribution in [1.82, 2.24) is 0 Å². The van der Waals surface area contributed by atoms with Gasteiger partial charge in [0.25, 0.3) is 0 Å². The Morgan fingerprint density at radius 2 is 2.17 bits per heavy atom. The first kappa shape index (κ1) is 13.1. The average Bonchev–Trinajstić information content (AvgIpc) is 2.39. The third-order valence-electron chi connectivity index (χ3n) is 2.95. The Morgan fingerprint density at radius 1 is 1.44 bits per heavy atom. The number of carbonyl (C=O) groups is 1. The van der Waals surface area contributed by atoms with Crippen molar-refractivity contribution < 1.29 is 9.53 Å². The van der Waals surface area contributed by atoms with E-state index in [-0.39, 0.29) is 5.78 Å². The number of thioether (sulfide) groups is 1. The monoisotopic (exact) mass is 261 g/mol. The molecule has 0 saturated carbocycles. The van der Waals surface area contributed by atoms with Gasteiger partial charge in [-0.25, -0.2) is 0 Å². The lowest BCUT2D eigenvalue weighted by molar-refractivity contribution is 0.0999. The topological polar surface area (TPSA) is 50.1 Å². The Morgan fingerprint density at radius 3 is 2.78 bits per heavy atom. The molecule has 0 bridgehead atoms. The molecule has 1 heterocycles. The highest BCUT2D eigenvalue weighted by molar-refractivity contribution is 8.00. The standard InChI is InChI=1S/C14H15NO2S/c1-10(16)13-3-2-11(9-15)8-14(13)18-12-4-6-17-7-5-12/h2-3,8,12H,4-7H2,1H3. The molecule has 1 saturated heterocycles. The van der Waals surface area contributed by atoms with Gasteiger partial charge < -0.3 is 4.74 Å². The number of benzene rings is 1. The fourth-order valence-corrected chi connectivity index (χ4v) is 3.27. The van der Waals surface area contributed by atoms with Crippen LogP contribution in [0.3, 0.4) is 0 Å². The predicted octanol–water partition coefficient (Wildman–Crippen LogP) is 3.03. The van der Waals surface area contributed by atoms with Crippen LogP contribution in [0.4, 0.5) is 0 Å². The summed E-state index contributed by atoms with van der Waals surface area (Å²) >= 11 is 1.70. The van der Waals surface area contributed by atoms with Gasteiger partial charge in [0, 0.05) is 28.9 Å². The zero-order valence-electron chi connectivity index (χ0n) is 10.3. The molecule has 0 amide bonds. The molecule has 0 spiro atoms. The first-order valence-electron chi connectivity index (χ1n) is 6.00. The molecule has 0 atom stereocenters. The third kappa shape index (κ3) is 3.12. The summed E-state index contributed by atoms with van der Waals surface area (Å²) in [6.07, 6.45) is 2.00. The summed E-state index contributed by atoms with van der Waals surface area (Å²) in [7, 11) is 0. The molecule has 0 aromatic heterocycles. The maximum absolute atomic E-state index is 11.6. The van der Waals surface area contributed by atoms with E-state index in [0.29, 0.717) is 16.4 Å². The summed E-state index contributed by atoms with van der Waals surface area (Å²) in [5.41, 5.74) is 1.32. The van der Waals surface area contributed by atoms with E-state index in [4.69, 9.17) is 10.00 Å². The fourth-order valence-electron chi connectivity index (χ4n) is 1.95. The normalized spacial score (nSPS) is 16.2. The summed E-state index contributed by atoms with van der Waals surface area (Å²) in [5, 5.41) is 9.41. The van der Waals surface area contributed by atoms with Gasteiger partial charge in [0.05, 0.1) is 11.6 Å². The van der Waals surface area contributed by atoms with Gasteiger partial charge in [-0.15, -0.1) is 11.8 Å². The molecule has 1 aromatic rings. The largest absolute Gasteiger partial charge is 0.381 e. The van der Waals surface area contributed by atoms with Crippen molar-refractivity contribution in [3.63, 3.8) is 0 Å². The molecule has 2 rings (SSSR count). The van der Waals surface area contributed by atoms with E-state index in [1.54, 1.807) is 30.8 Å². The fraction of sp³-hybridized carbons (Fsp3) is 0.429.